The predicted octanol–water partition coefficient (Wildman–Crippen LogP) is 2.45. The van der Waals surface area contributed by atoms with Gasteiger partial charge in [-0.15, -0.1) is 22.7 Å². The van der Waals surface area contributed by atoms with E-state index in [4.69, 9.17) is 5.11 Å². The van der Waals surface area contributed by atoms with E-state index in [0.29, 0.717) is 4.88 Å². The van der Waals surface area contributed by atoms with Crippen LogP contribution in [0.25, 0.3) is 9.40 Å². The predicted molar refractivity (Wildman–Crippen MR) is 58.0 cm³/mol. The molecule has 0 radical (unpaired) electrons. The maximum atomic E-state index is 11.2. The largest absolute Gasteiger partial charge is 0.477 e. The van der Waals surface area contributed by atoms with E-state index < -0.39 is 5.97 Å². The van der Waals surface area contributed by atoms with Crippen LogP contribution < -0.4 is 0 Å². The van der Waals surface area contributed by atoms with E-state index in [0.717, 1.165) is 20.7 Å². The Labute approximate surface area is 92.7 Å². The van der Waals surface area contributed by atoms with Gasteiger partial charge in [0, 0.05) is 9.40 Å². The Morgan fingerprint density at radius 2 is 1.73 bits per heavy atom. The fourth-order valence-corrected chi connectivity index (χ4v) is 3.30. The Morgan fingerprint density at radius 1 is 1.20 bits per heavy atom. The molecule has 2 rings (SSSR count). The van der Waals surface area contributed by atoms with Gasteiger partial charge in [-0.25, -0.2) is 9.59 Å². The van der Waals surface area contributed by atoms with Crippen molar-refractivity contribution in [2.24, 2.45) is 0 Å². The van der Waals surface area contributed by atoms with Gasteiger partial charge >= 0.3 is 11.9 Å². The van der Waals surface area contributed by atoms with E-state index in [1.165, 1.54) is 18.4 Å². The number of hydrogen-bond acceptors (Lipinski definition) is 5. The first kappa shape index (κ1) is 10.1. The molecule has 0 fully saturated rings. The number of hydrogen-bond donors (Lipinski definition) is 1. The Kier molecular flexibility index (Phi) is 2.45. The van der Waals surface area contributed by atoms with Crippen molar-refractivity contribution in [3.8, 4) is 0 Å². The normalized spacial score (nSPS) is 10.5. The van der Waals surface area contributed by atoms with Gasteiger partial charge in [0.05, 0.1) is 7.11 Å². The zero-order chi connectivity index (χ0) is 11.0. The molecule has 0 amide bonds. The Hall–Kier alpha value is -1.40. The standard InChI is InChI=1S/C9H6O4S2/c1-13-9(12)7-3-5-4(15-7)2-6(14-5)8(10)11/h2-3H,1H3,(H,10,11). The van der Waals surface area contributed by atoms with Crippen LogP contribution in [0.2, 0.25) is 0 Å². The SMILES string of the molecule is COC(=O)c1cc2sc(C(=O)O)cc2s1. The second kappa shape index (κ2) is 3.63. The number of ether oxygens (including phenoxy) is 1. The molecule has 0 aliphatic rings. The molecule has 2 heterocycles. The van der Waals surface area contributed by atoms with E-state index in [9.17, 15) is 9.59 Å². The third-order valence-electron chi connectivity index (χ3n) is 1.80. The Morgan fingerprint density at radius 3 is 2.27 bits per heavy atom. The summed E-state index contributed by atoms with van der Waals surface area (Å²) < 4.78 is 6.18. The van der Waals surface area contributed by atoms with Crippen molar-refractivity contribution in [1.82, 2.24) is 0 Å². The van der Waals surface area contributed by atoms with Crippen LogP contribution in [0.4, 0.5) is 0 Å². The fourth-order valence-electron chi connectivity index (χ4n) is 1.14. The quantitative estimate of drug-likeness (QED) is 0.821. The number of carbonyl (C=O) groups excluding carboxylic acids is 1. The van der Waals surface area contributed by atoms with Crippen molar-refractivity contribution in [3.05, 3.63) is 21.9 Å². The van der Waals surface area contributed by atoms with Gasteiger partial charge in [0.25, 0.3) is 0 Å². The van der Waals surface area contributed by atoms with Gasteiger partial charge in [0.1, 0.15) is 9.75 Å². The molecular weight excluding hydrogens is 236 g/mol. The molecule has 0 spiro atoms. The number of methoxy groups -OCH3 is 1. The van der Waals surface area contributed by atoms with Crippen molar-refractivity contribution in [1.29, 1.82) is 0 Å². The van der Waals surface area contributed by atoms with Crippen molar-refractivity contribution in [2.75, 3.05) is 7.11 Å². The summed E-state index contributed by atoms with van der Waals surface area (Å²) >= 11 is 2.40. The molecule has 2 aromatic heterocycles. The second-order valence-corrected chi connectivity index (χ2v) is 4.91. The highest BCUT2D eigenvalue weighted by Gasteiger charge is 2.15. The molecule has 6 heteroatoms. The average molecular weight is 242 g/mol. The van der Waals surface area contributed by atoms with Crippen LogP contribution in [-0.2, 0) is 4.74 Å². The summed E-state index contributed by atoms with van der Waals surface area (Å²) in [7, 11) is 1.32. The number of carbonyl (C=O) groups is 2. The van der Waals surface area contributed by atoms with Crippen LogP contribution in [0.5, 0.6) is 0 Å². The van der Waals surface area contributed by atoms with Crippen LogP contribution in [-0.4, -0.2) is 24.2 Å². The average Bonchev–Trinajstić information content (AvgIpc) is 2.72. The summed E-state index contributed by atoms with van der Waals surface area (Å²) in [5, 5.41) is 8.75. The first-order valence-electron chi connectivity index (χ1n) is 3.97. The summed E-state index contributed by atoms with van der Waals surface area (Å²) in [6.07, 6.45) is 0. The number of thiophene rings is 2. The summed E-state index contributed by atoms with van der Waals surface area (Å²) in [6, 6.07) is 3.22. The van der Waals surface area contributed by atoms with Crippen molar-refractivity contribution >= 4 is 44.0 Å². The van der Waals surface area contributed by atoms with E-state index >= 15 is 0 Å². The Bertz CT molecular complexity index is 506. The molecule has 0 bridgehead atoms. The minimum absolute atomic E-state index is 0.285. The monoisotopic (exact) mass is 242 g/mol. The van der Waals surface area contributed by atoms with Gasteiger partial charge in [-0.2, -0.15) is 0 Å². The number of fused-ring (bicyclic) bond motifs is 1. The van der Waals surface area contributed by atoms with Crippen LogP contribution in [0.15, 0.2) is 12.1 Å². The molecule has 4 nitrogen and oxygen atoms in total. The molecule has 0 unspecified atom stereocenters. The summed E-state index contributed by atoms with van der Waals surface area (Å²) in [6.45, 7) is 0. The van der Waals surface area contributed by atoms with Gasteiger partial charge in [-0.1, -0.05) is 0 Å². The molecule has 15 heavy (non-hydrogen) atoms. The van der Waals surface area contributed by atoms with Crippen molar-refractivity contribution in [3.63, 3.8) is 0 Å². The zero-order valence-corrected chi connectivity index (χ0v) is 9.28. The molecule has 0 aliphatic heterocycles. The lowest BCUT2D eigenvalue weighted by molar-refractivity contribution is 0.0605. The highest BCUT2D eigenvalue weighted by Crippen LogP contribution is 2.33. The molecular formula is C9H6O4S2. The van der Waals surface area contributed by atoms with Crippen molar-refractivity contribution in [2.45, 2.75) is 0 Å². The van der Waals surface area contributed by atoms with Gasteiger partial charge in [0.2, 0.25) is 0 Å². The summed E-state index contributed by atoms with van der Waals surface area (Å²) in [5.41, 5.74) is 0. The highest BCUT2D eigenvalue weighted by molar-refractivity contribution is 7.29. The lowest BCUT2D eigenvalue weighted by atomic mass is 10.4. The topological polar surface area (TPSA) is 63.6 Å². The van der Waals surface area contributed by atoms with Crippen LogP contribution in [0.1, 0.15) is 19.3 Å². The molecule has 0 saturated heterocycles. The maximum Gasteiger partial charge on any atom is 0.348 e. The molecule has 0 aromatic carbocycles. The number of carboxylic acid groups (broad SMARTS) is 1. The van der Waals surface area contributed by atoms with E-state index in [-0.39, 0.29) is 10.8 Å². The number of aromatic carboxylic acids is 1. The lowest BCUT2D eigenvalue weighted by Gasteiger charge is -1.91. The Balaban J connectivity index is 2.47. The number of carboxylic acids is 1. The lowest BCUT2D eigenvalue weighted by Crippen LogP contribution is -1.96. The maximum absolute atomic E-state index is 11.2. The summed E-state index contributed by atoms with van der Waals surface area (Å²) in [4.78, 5) is 22.6. The van der Waals surface area contributed by atoms with Gasteiger partial charge in [-0.3, -0.25) is 0 Å². The molecule has 0 atom stereocenters. The first-order chi connectivity index (χ1) is 7.11. The van der Waals surface area contributed by atoms with E-state index in [1.807, 2.05) is 0 Å². The second-order valence-electron chi connectivity index (χ2n) is 2.75. The van der Waals surface area contributed by atoms with E-state index in [1.54, 1.807) is 12.1 Å². The molecule has 0 saturated carbocycles. The van der Waals surface area contributed by atoms with Crippen LogP contribution in [0, 0.1) is 0 Å². The van der Waals surface area contributed by atoms with Crippen LogP contribution >= 0.6 is 22.7 Å². The molecule has 78 valence electrons. The molecule has 0 aliphatic carbocycles. The summed E-state index contributed by atoms with van der Waals surface area (Å²) in [5.74, 6) is -1.33. The zero-order valence-electron chi connectivity index (χ0n) is 7.64. The fraction of sp³-hybridized carbons (Fsp3) is 0.111. The highest BCUT2D eigenvalue weighted by atomic mass is 32.1. The molecule has 1 N–H and O–H groups in total. The third kappa shape index (κ3) is 1.73. The van der Waals surface area contributed by atoms with Crippen LogP contribution in [0.3, 0.4) is 0 Å². The third-order valence-corrected chi connectivity index (χ3v) is 4.07. The minimum atomic E-state index is -0.942. The van der Waals surface area contributed by atoms with E-state index in [2.05, 4.69) is 4.74 Å². The minimum Gasteiger partial charge on any atom is -0.477 e. The molecule has 2 aromatic rings. The van der Waals surface area contributed by atoms with Gasteiger partial charge in [0.15, 0.2) is 0 Å². The number of esters is 1. The number of rotatable bonds is 2. The smallest absolute Gasteiger partial charge is 0.348 e. The first-order valence-corrected chi connectivity index (χ1v) is 5.60. The van der Waals surface area contributed by atoms with Gasteiger partial charge in [-0.05, 0) is 12.1 Å². The van der Waals surface area contributed by atoms with Crippen molar-refractivity contribution < 1.29 is 19.4 Å². The van der Waals surface area contributed by atoms with Gasteiger partial charge < -0.3 is 9.84 Å².